The van der Waals surface area contributed by atoms with E-state index < -0.39 is 0 Å². The van der Waals surface area contributed by atoms with Crippen molar-refractivity contribution in [2.75, 3.05) is 25.9 Å². The van der Waals surface area contributed by atoms with Crippen LogP contribution in [0.3, 0.4) is 0 Å². The number of rotatable bonds is 2. The maximum Gasteiger partial charge on any atom is 0.338 e. The van der Waals surface area contributed by atoms with Gasteiger partial charge >= 0.3 is 5.97 Å². The number of hydrogen-bond acceptors (Lipinski definition) is 4. The van der Waals surface area contributed by atoms with E-state index in [-0.39, 0.29) is 12.1 Å². The molecule has 1 aromatic carbocycles. The molecule has 2 N–H and O–H groups in total. The van der Waals surface area contributed by atoms with E-state index in [1.807, 2.05) is 14.0 Å². The number of nitrogen functional groups attached to an aromatic ring is 1. The second kappa shape index (κ2) is 4.75. The summed E-state index contributed by atoms with van der Waals surface area (Å²) in [6.45, 7) is 3.69. The Morgan fingerprint density at radius 1 is 1.53 bits per heavy atom. The van der Waals surface area contributed by atoms with E-state index >= 15 is 0 Å². The third kappa shape index (κ3) is 2.77. The van der Waals surface area contributed by atoms with Crippen molar-refractivity contribution in [3.63, 3.8) is 0 Å². The maximum atomic E-state index is 11.9. The van der Waals surface area contributed by atoms with E-state index in [4.69, 9.17) is 10.5 Å². The van der Waals surface area contributed by atoms with Gasteiger partial charge in [-0.05, 0) is 44.2 Å². The number of nitrogens with zero attached hydrogens (tertiary/aromatic N) is 1. The van der Waals surface area contributed by atoms with Crippen molar-refractivity contribution >= 4 is 11.7 Å². The summed E-state index contributed by atoms with van der Waals surface area (Å²) in [4.78, 5) is 14.0. The molecule has 1 saturated heterocycles. The molecule has 1 aliphatic rings. The first-order valence-corrected chi connectivity index (χ1v) is 5.82. The number of carbonyl (C=O) groups is 1. The summed E-state index contributed by atoms with van der Waals surface area (Å²) in [5.41, 5.74) is 7.89. The van der Waals surface area contributed by atoms with Gasteiger partial charge in [-0.1, -0.05) is 0 Å². The summed E-state index contributed by atoms with van der Waals surface area (Å²) >= 11 is 0. The number of hydrogen-bond donors (Lipinski definition) is 1. The molecule has 2 rings (SSSR count). The van der Waals surface area contributed by atoms with Crippen LogP contribution in [0.2, 0.25) is 0 Å². The third-order valence-corrected chi connectivity index (χ3v) is 3.13. The molecule has 0 spiro atoms. The van der Waals surface area contributed by atoms with Gasteiger partial charge in [0.1, 0.15) is 6.10 Å². The highest BCUT2D eigenvalue weighted by molar-refractivity contribution is 5.90. The molecule has 4 nitrogen and oxygen atoms in total. The Labute approximate surface area is 101 Å². The van der Waals surface area contributed by atoms with Gasteiger partial charge in [0.15, 0.2) is 0 Å². The Balaban J connectivity index is 2.02. The quantitative estimate of drug-likeness (QED) is 0.621. The molecule has 0 amide bonds. The van der Waals surface area contributed by atoms with Crippen LogP contribution in [0.4, 0.5) is 5.69 Å². The topological polar surface area (TPSA) is 55.6 Å². The molecule has 0 aliphatic carbocycles. The fraction of sp³-hybridized carbons (Fsp3) is 0.462. The first kappa shape index (κ1) is 11.9. The molecular formula is C13H18N2O2. The molecule has 92 valence electrons. The summed E-state index contributed by atoms with van der Waals surface area (Å²) < 4.78 is 5.44. The van der Waals surface area contributed by atoms with E-state index in [0.717, 1.165) is 25.1 Å². The molecule has 4 heteroatoms. The highest BCUT2D eigenvalue weighted by Gasteiger charge is 2.23. The van der Waals surface area contributed by atoms with Crippen LogP contribution in [0.1, 0.15) is 22.3 Å². The zero-order valence-electron chi connectivity index (χ0n) is 10.3. The van der Waals surface area contributed by atoms with E-state index in [1.165, 1.54) is 0 Å². The molecule has 1 unspecified atom stereocenters. The SMILES string of the molecule is Cc1cc(C(=O)OC2CCN(C)C2)ccc1N. The number of benzene rings is 1. The fourth-order valence-corrected chi connectivity index (χ4v) is 2.01. The number of esters is 1. The summed E-state index contributed by atoms with van der Waals surface area (Å²) in [6, 6.07) is 5.23. The lowest BCUT2D eigenvalue weighted by atomic mass is 10.1. The molecular weight excluding hydrogens is 216 g/mol. The largest absolute Gasteiger partial charge is 0.457 e. The van der Waals surface area contributed by atoms with Crippen LogP contribution < -0.4 is 5.73 Å². The minimum atomic E-state index is -0.256. The lowest BCUT2D eigenvalue weighted by molar-refractivity contribution is 0.0327. The molecule has 0 saturated carbocycles. The number of nitrogens with two attached hydrogens (primary N) is 1. The van der Waals surface area contributed by atoms with Gasteiger partial charge < -0.3 is 15.4 Å². The van der Waals surface area contributed by atoms with Crippen molar-refractivity contribution in [3.8, 4) is 0 Å². The number of likely N-dealkylation sites (tertiary alicyclic amines) is 1. The second-order valence-electron chi connectivity index (χ2n) is 4.65. The van der Waals surface area contributed by atoms with Crippen LogP contribution in [0.5, 0.6) is 0 Å². The lowest BCUT2D eigenvalue weighted by Gasteiger charge is -2.12. The normalized spacial score (nSPS) is 20.5. The van der Waals surface area contributed by atoms with Crippen LogP contribution >= 0.6 is 0 Å². The standard InChI is InChI=1S/C13H18N2O2/c1-9-7-10(3-4-12(9)14)13(16)17-11-5-6-15(2)8-11/h3-4,7,11H,5-6,8,14H2,1-2H3. The Morgan fingerprint density at radius 3 is 2.88 bits per heavy atom. The third-order valence-electron chi connectivity index (χ3n) is 3.13. The molecule has 1 heterocycles. The minimum Gasteiger partial charge on any atom is -0.457 e. The van der Waals surface area contributed by atoms with Crippen molar-refractivity contribution in [1.82, 2.24) is 4.90 Å². The van der Waals surface area contributed by atoms with Crippen LogP contribution in [-0.4, -0.2) is 37.1 Å². The predicted octanol–water partition coefficient (Wildman–Crippen LogP) is 1.44. The van der Waals surface area contributed by atoms with Gasteiger partial charge in [-0.2, -0.15) is 0 Å². The Kier molecular flexibility index (Phi) is 3.33. The molecule has 0 radical (unpaired) electrons. The van der Waals surface area contributed by atoms with Crippen LogP contribution in [0.15, 0.2) is 18.2 Å². The number of likely N-dealkylation sites (N-methyl/N-ethyl adjacent to an activating group) is 1. The van der Waals surface area contributed by atoms with Crippen LogP contribution in [0, 0.1) is 6.92 Å². The van der Waals surface area contributed by atoms with Crippen molar-refractivity contribution in [2.45, 2.75) is 19.4 Å². The van der Waals surface area contributed by atoms with Crippen LogP contribution in [-0.2, 0) is 4.74 Å². The van der Waals surface area contributed by atoms with Crippen molar-refractivity contribution in [1.29, 1.82) is 0 Å². The summed E-state index contributed by atoms with van der Waals surface area (Å²) in [6.07, 6.45) is 0.932. The van der Waals surface area contributed by atoms with E-state index in [0.29, 0.717) is 11.3 Å². The Bertz CT molecular complexity index is 431. The summed E-state index contributed by atoms with van der Waals surface area (Å²) in [5, 5.41) is 0. The molecule has 1 atom stereocenters. The highest BCUT2D eigenvalue weighted by atomic mass is 16.5. The Morgan fingerprint density at radius 2 is 2.29 bits per heavy atom. The first-order chi connectivity index (χ1) is 8.06. The van der Waals surface area contributed by atoms with Gasteiger partial charge in [0.2, 0.25) is 0 Å². The van der Waals surface area contributed by atoms with E-state index in [2.05, 4.69) is 4.90 Å². The molecule has 0 bridgehead atoms. The van der Waals surface area contributed by atoms with Gasteiger partial charge in [0, 0.05) is 18.8 Å². The predicted molar refractivity (Wildman–Crippen MR) is 66.9 cm³/mol. The number of ether oxygens (including phenoxy) is 1. The second-order valence-corrected chi connectivity index (χ2v) is 4.65. The fourth-order valence-electron chi connectivity index (χ4n) is 2.01. The van der Waals surface area contributed by atoms with E-state index in [1.54, 1.807) is 18.2 Å². The number of aryl methyl sites for hydroxylation is 1. The summed E-state index contributed by atoms with van der Waals surface area (Å²) in [7, 11) is 2.03. The molecule has 1 aliphatic heterocycles. The monoisotopic (exact) mass is 234 g/mol. The smallest absolute Gasteiger partial charge is 0.338 e. The zero-order valence-corrected chi connectivity index (χ0v) is 10.3. The first-order valence-electron chi connectivity index (χ1n) is 5.82. The molecule has 17 heavy (non-hydrogen) atoms. The van der Waals surface area contributed by atoms with Crippen molar-refractivity contribution < 1.29 is 9.53 Å². The highest BCUT2D eigenvalue weighted by Crippen LogP contribution is 2.16. The molecule has 1 aromatic rings. The summed E-state index contributed by atoms with van der Waals surface area (Å²) in [5.74, 6) is -0.256. The van der Waals surface area contributed by atoms with Gasteiger partial charge in [0.25, 0.3) is 0 Å². The lowest BCUT2D eigenvalue weighted by Crippen LogP contribution is -2.22. The maximum absolute atomic E-state index is 11.9. The average Bonchev–Trinajstić information content (AvgIpc) is 2.68. The molecule has 1 fully saturated rings. The number of anilines is 1. The minimum absolute atomic E-state index is 0.0189. The number of carbonyl (C=O) groups excluding carboxylic acids is 1. The zero-order chi connectivity index (χ0) is 12.4. The average molecular weight is 234 g/mol. The van der Waals surface area contributed by atoms with Gasteiger partial charge in [0.05, 0.1) is 5.56 Å². The van der Waals surface area contributed by atoms with Gasteiger partial charge in [-0.25, -0.2) is 4.79 Å². The Hall–Kier alpha value is -1.55. The van der Waals surface area contributed by atoms with Gasteiger partial charge in [-0.3, -0.25) is 0 Å². The molecule has 0 aromatic heterocycles. The van der Waals surface area contributed by atoms with Crippen molar-refractivity contribution in [3.05, 3.63) is 29.3 Å². The van der Waals surface area contributed by atoms with E-state index in [9.17, 15) is 4.79 Å². The van der Waals surface area contributed by atoms with Crippen molar-refractivity contribution in [2.24, 2.45) is 0 Å². The van der Waals surface area contributed by atoms with Gasteiger partial charge in [-0.15, -0.1) is 0 Å². The van der Waals surface area contributed by atoms with Crippen LogP contribution in [0.25, 0.3) is 0 Å².